The van der Waals surface area contributed by atoms with Gasteiger partial charge in [0.25, 0.3) is 5.91 Å². The molecule has 1 amide bonds. The van der Waals surface area contributed by atoms with Crippen LogP contribution in [0.2, 0.25) is 5.02 Å². The van der Waals surface area contributed by atoms with E-state index in [9.17, 15) is 9.18 Å². The summed E-state index contributed by atoms with van der Waals surface area (Å²) in [5.41, 5.74) is 0.864. The van der Waals surface area contributed by atoms with E-state index in [1.54, 1.807) is 6.92 Å². The quantitative estimate of drug-likeness (QED) is 0.918. The zero-order chi connectivity index (χ0) is 16.1. The van der Waals surface area contributed by atoms with E-state index in [2.05, 4.69) is 15.3 Å². The fourth-order valence-electron chi connectivity index (χ4n) is 1.82. The van der Waals surface area contributed by atoms with Crippen molar-refractivity contribution >= 4 is 17.5 Å². The molecule has 7 heteroatoms. The minimum Gasteiger partial charge on any atom is -0.477 e. The first kappa shape index (κ1) is 16.2. The number of hydrogen-bond acceptors (Lipinski definition) is 4. The molecule has 1 atom stereocenters. The van der Waals surface area contributed by atoms with Gasteiger partial charge in [0.2, 0.25) is 5.88 Å². The minimum atomic E-state index is -0.454. The number of aromatic nitrogens is 2. The maximum absolute atomic E-state index is 13.1. The molecule has 1 N–H and O–H groups in total. The molecule has 0 aliphatic heterocycles. The molecule has 116 valence electrons. The highest BCUT2D eigenvalue weighted by Gasteiger charge is 2.14. The number of pyridine rings is 2. The van der Waals surface area contributed by atoms with E-state index in [0.29, 0.717) is 17.7 Å². The van der Waals surface area contributed by atoms with Crippen molar-refractivity contribution < 1.29 is 13.9 Å². The fraction of sp³-hybridized carbons (Fsp3) is 0.267. The Morgan fingerprint density at radius 1 is 1.41 bits per heavy atom. The second-order valence-electron chi connectivity index (χ2n) is 4.58. The van der Waals surface area contributed by atoms with E-state index in [0.717, 1.165) is 6.20 Å². The van der Waals surface area contributed by atoms with E-state index in [1.165, 1.54) is 24.5 Å². The van der Waals surface area contributed by atoms with Gasteiger partial charge in [-0.25, -0.2) is 9.37 Å². The molecule has 0 aliphatic rings. The number of carbonyl (C=O) groups excluding carboxylic acids is 1. The molecule has 0 aliphatic carbocycles. The van der Waals surface area contributed by atoms with Crippen LogP contribution < -0.4 is 10.1 Å². The summed E-state index contributed by atoms with van der Waals surface area (Å²) in [6.07, 6.45) is 3.98. The standard InChI is InChI=1S/C15H15ClFN3O2/c1-3-22-15-13(16)5-11(7-19-15)14(21)20-9(2)10-4-12(17)8-18-6-10/h4-9H,3H2,1-2H3,(H,20,21). The van der Waals surface area contributed by atoms with Gasteiger partial charge in [-0.3, -0.25) is 9.78 Å². The molecule has 0 radical (unpaired) electrons. The number of rotatable bonds is 5. The van der Waals surface area contributed by atoms with Gasteiger partial charge >= 0.3 is 0 Å². The highest BCUT2D eigenvalue weighted by atomic mass is 35.5. The molecular formula is C15H15ClFN3O2. The monoisotopic (exact) mass is 323 g/mol. The third kappa shape index (κ3) is 3.92. The molecule has 0 saturated heterocycles. The van der Waals surface area contributed by atoms with Crippen molar-refractivity contribution in [2.24, 2.45) is 0 Å². The highest BCUT2D eigenvalue weighted by molar-refractivity contribution is 6.32. The third-order valence-corrected chi connectivity index (χ3v) is 3.20. The summed E-state index contributed by atoms with van der Waals surface area (Å²) in [7, 11) is 0. The second kappa shape index (κ2) is 7.17. The van der Waals surface area contributed by atoms with Crippen LogP contribution in [0, 0.1) is 5.82 Å². The third-order valence-electron chi connectivity index (χ3n) is 2.92. The summed E-state index contributed by atoms with van der Waals surface area (Å²) >= 11 is 6.00. The fourth-order valence-corrected chi connectivity index (χ4v) is 2.04. The topological polar surface area (TPSA) is 64.1 Å². The molecule has 2 heterocycles. The van der Waals surface area contributed by atoms with Crippen molar-refractivity contribution in [2.45, 2.75) is 19.9 Å². The summed E-state index contributed by atoms with van der Waals surface area (Å²) in [6, 6.07) is 2.40. The van der Waals surface area contributed by atoms with Gasteiger partial charge in [-0.15, -0.1) is 0 Å². The maximum Gasteiger partial charge on any atom is 0.253 e. The molecule has 0 fully saturated rings. The molecule has 2 aromatic rings. The van der Waals surface area contributed by atoms with Gasteiger partial charge in [-0.05, 0) is 31.5 Å². The van der Waals surface area contributed by atoms with Crippen molar-refractivity contribution in [1.29, 1.82) is 0 Å². The Labute approximate surface area is 132 Å². The first-order valence-electron chi connectivity index (χ1n) is 6.71. The van der Waals surface area contributed by atoms with Crippen LogP contribution in [0.25, 0.3) is 0 Å². The SMILES string of the molecule is CCOc1ncc(C(=O)NC(C)c2cncc(F)c2)cc1Cl. The van der Waals surface area contributed by atoms with Crippen molar-refractivity contribution in [3.8, 4) is 5.88 Å². The van der Waals surface area contributed by atoms with Crippen LogP contribution in [0.4, 0.5) is 4.39 Å². The van der Waals surface area contributed by atoms with Crippen molar-refractivity contribution in [1.82, 2.24) is 15.3 Å². The Bertz CT molecular complexity index is 682. The Kier molecular flexibility index (Phi) is 5.27. The van der Waals surface area contributed by atoms with Gasteiger partial charge in [0.05, 0.1) is 24.4 Å². The lowest BCUT2D eigenvalue weighted by Crippen LogP contribution is -2.27. The molecule has 0 aromatic carbocycles. The Hall–Kier alpha value is -2.21. The average Bonchev–Trinajstić information content (AvgIpc) is 2.49. The van der Waals surface area contributed by atoms with Gasteiger partial charge in [-0.1, -0.05) is 11.6 Å². The zero-order valence-electron chi connectivity index (χ0n) is 12.1. The lowest BCUT2D eigenvalue weighted by Gasteiger charge is -2.14. The van der Waals surface area contributed by atoms with Crippen LogP contribution in [0.5, 0.6) is 5.88 Å². The molecule has 0 spiro atoms. The van der Waals surface area contributed by atoms with Gasteiger partial charge in [0.1, 0.15) is 10.8 Å². The van der Waals surface area contributed by atoms with Gasteiger partial charge < -0.3 is 10.1 Å². The van der Waals surface area contributed by atoms with Crippen LogP contribution in [0.1, 0.15) is 35.8 Å². The van der Waals surface area contributed by atoms with Crippen LogP contribution >= 0.6 is 11.6 Å². The molecular weight excluding hydrogens is 309 g/mol. The Morgan fingerprint density at radius 2 is 2.18 bits per heavy atom. The van der Waals surface area contributed by atoms with Gasteiger partial charge in [0, 0.05) is 12.4 Å². The number of carbonyl (C=O) groups is 1. The number of halogens is 2. The van der Waals surface area contributed by atoms with Gasteiger partial charge in [-0.2, -0.15) is 0 Å². The minimum absolute atomic E-state index is 0.259. The first-order valence-corrected chi connectivity index (χ1v) is 7.08. The van der Waals surface area contributed by atoms with E-state index in [4.69, 9.17) is 16.3 Å². The molecule has 0 bridgehead atoms. The van der Waals surface area contributed by atoms with Crippen LogP contribution in [0.3, 0.4) is 0 Å². The van der Waals surface area contributed by atoms with Crippen molar-refractivity contribution in [3.05, 3.63) is 52.7 Å². The van der Waals surface area contributed by atoms with Crippen molar-refractivity contribution in [2.75, 3.05) is 6.61 Å². The summed E-state index contributed by atoms with van der Waals surface area (Å²) in [6.45, 7) is 3.98. The van der Waals surface area contributed by atoms with Crippen LogP contribution in [0.15, 0.2) is 30.7 Å². The van der Waals surface area contributed by atoms with Crippen LogP contribution in [-0.2, 0) is 0 Å². The lowest BCUT2D eigenvalue weighted by atomic mass is 10.1. The predicted octanol–water partition coefficient (Wildman–Crippen LogP) is 3.16. The molecule has 0 saturated carbocycles. The smallest absolute Gasteiger partial charge is 0.253 e. The van der Waals surface area contributed by atoms with Crippen LogP contribution in [-0.4, -0.2) is 22.5 Å². The molecule has 22 heavy (non-hydrogen) atoms. The molecule has 2 rings (SSSR count). The lowest BCUT2D eigenvalue weighted by molar-refractivity contribution is 0.0939. The first-order chi connectivity index (χ1) is 10.5. The van der Waals surface area contributed by atoms with E-state index >= 15 is 0 Å². The number of nitrogens with zero attached hydrogens (tertiary/aromatic N) is 2. The largest absolute Gasteiger partial charge is 0.477 e. The maximum atomic E-state index is 13.1. The number of amides is 1. The van der Waals surface area contributed by atoms with E-state index in [-0.39, 0.29) is 16.8 Å². The summed E-state index contributed by atoms with van der Waals surface area (Å²) < 4.78 is 18.4. The second-order valence-corrected chi connectivity index (χ2v) is 4.98. The number of ether oxygens (including phenoxy) is 1. The molecule has 1 unspecified atom stereocenters. The average molecular weight is 324 g/mol. The Balaban J connectivity index is 2.10. The summed E-state index contributed by atoms with van der Waals surface area (Å²) in [4.78, 5) is 19.9. The Morgan fingerprint density at radius 3 is 2.82 bits per heavy atom. The number of hydrogen-bond donors (Lipinski definition) is 1. The predicted molar refractivity (Wildman–Crippen MR) is 80.5 cm³/mol. The normalized spacial score (nSPS) is 11.8. The molecule has 5 nitrogen and oxygen atoms in total. The summed E-state index contributed by atoms with van der Waals surface area (Å²) in [5, 5.41) is 2.99. The zero-order valence-corrected chi connectivity index (χ0v) is 12.9. The van der Waals surface area contributed by atoms with E-state index < -0.39 is 11.9 Å². The number of nitrogens with one attached hydrogen (secondary N) is 1. The highest BCUT2D eigenvalue weighted by Crippen LogP contribution is 2.22. The van der Waals surface area contributed by atoms with Crippen molar-refractivity contribution in [3.63, 3.8) is 0 Å². The van der Waals surface area contributed by atoms with Gasteiger partial charge in [0.15, 0.2) is 0 Å². The van der Waals surface area contributed by atoms with E-state index in [1.807, 2.05) is 6.92 Å². The summed E-state index contributed by atoms with van der Waals surface area (Å²) in [5.74, 6) is -0.540. The molecule has 2 aromatic heterocycles.